The first-order chi connectivity index (χ1) is 20.0. The Labute approximate surface area is 244 Å². The fourth-order valence-electron chi connectivity index (χ4n) is 4.82. The number of nitrogens with zero attached hydrogens (tertiary/aromatic N) is 5. The highest BCUT2D eigenvalue weighted by Crippen LogP contribution is 2.21. The number of amides is 1. The number of aliphatic imine (C=N–C) groups is 1. The van der Waals surface area contributed by atoms with Crippen molar-refractivity contribution in [3.8, 4) is 5.69 Å². The average Bonchev–Trinajstić information content (AvgIpc) is 3.48. The van der Waals surface area contributed by atoms with Crippen molar-refractivity contribution in [2.75, 3.05) is 38.0 Å². The van der Waals surface area contributed by atoms with E-state index in [0.29, 0.717) is 5.56 Å². The third-order valence-corrected chi connectivity index (χ3v) is 7.21. The Morgan fingerprint density at radius 2 is 1.68 bits per heavy atom. The highest BCUT2D eigenvalue weighted by atomic mass is 16.1. The number of carbonyl (C=O) groups is 1. The van der Waals surface area contributed by atoms with Crippen LogP contribution in [0.2, 0.25) is 0 Å². The number of piperazine rings is 1. The zero-order valence-electron chi connectivity index (χ0n) is 25.0. The normalized spacial score (nSPS) is 14.1. The molecule has 0 radical (unpaired) electrons. The fraction of sp³-hybridized carbons (Fsp3) is 0.324. The number of nitrogens with one attached hydrogen (secondary N) is 1. The van der Waals surface area contributed by atoms with Gasteiger partial charge in [-0.3, -0.25) is 14.7 Å². The quantitative estimate of drug-likeness (QED) is 0.249. The van der Waals surface area contributed by atoms with Crippen LogP contribution >= 0.6 is 0 Å². The topological polar surface area (TPSA) is 65.8 Å². The Hall–Kier alpha value is -4.07. The molecule has 1 fully saturated rings. The van der Waals surface area contributed by atoms with Crippen LogP contribution < -0.4 is 5.32 Å². The lowest BCUT2D eigenvalue weighted by Gasteiger charge is -2.34. The third kappa shape index (κ3) is 8.22. The molecule has 1 aliphatic rings. The minimum atomic E-state index is -0.128. The molecule has 5 rings (SSSR count). The van der Waals surface area contributed by atoms with E-state index in [1.165, 1.54) is 11.1 Å². The summed E-state index contributed by atoms with van der Waals surface area (Å²) in [4.78, 5) is 22.5. The zero-order chi connectivity index (χ0) is 29.2. The Balaban J connectivity index is 0.00000189. The summed E-state index contributed by atoms with van der Waals surface area (Å²) < 4.78 is 1.84. The van der Waals surface area contributed by atoms with E-state index < -0.39 is 0 Å². The smallest absolute Gasteiger partial charge is 0.255 e. The molecule has 0 atom stereocenters. The van der Waals surface area contributed by atoms with Crippen molar-refractivity contribution < 1.29 is 4.79 Å². The van der Waals surface area contributed by atoms with Gasteiger partial charge in [0.25, 0.3) is 5.91 Å². The van der Waals surface area contributed by atoms with E-state index in [0.717, 1.165) is 67.5 Å². The largest absolute Gasteiger partial charge is 0.322 e. The molecule has 1 N–H and O–H groups in total. The van der Waals surface area contributed by atoms with E-state index in [9.17, 15) is 4.79 Å². The number of likely N-dealkylation sites (N-methyl/N-ethyl adjacent to an activating group) is 1. The third-order valence-electron chi connectivity index (χ3n) is 7.21. The van der Waals surface area contributed by atoms with Crippen LogP contribution in [-0.2, 0) is 6.54 Å². The summed E-state index contributed by atoms with van der Waals surface area (Å²) in [6, 6.07) is 21.9. The van der Waals surface area contributed by atoms with Crippen LogP contribution in [0.5, 0.6) is 0 Å². The summed E-state index contributed by atoms with van der Waals surface area (Å²) in [5, 5.41) is 7.47. The van der Waals surface area contributed by atoms with E-state index in [1.807, 2.05) is 74.1 Å². The zero-order valence-corrected chi connectivity index (χ0v) is 25.0. The molecule has 7 nitrogen and oxygen atoms in total. The Kier molecular flexibility index (Phi) is 10.6. The Morgan fingerprint density at radius 1 is 0.951 bits per heavy atom. The molecule has 7 heteroatoms. The number of aromatic nitrogens is 2. The molecule has 0 unspecified atom stereocenters. The highest BCUT2D eigenvalue weighted by molar-refractivity contribution is 6.04. The van der Waals surface area contributed by atoms with Gasteiger partial charge in [-0.15, -0.1) is 0 Å². The van der Waals surface area contributed by atoms with Crippen molar-refractivity contribution in [2.24, 2.45) is 4.99 Å². The summed E-state index contributed by atoms with van der Waals surface area (Å²) in [5.41, 5.74) is 7.53. The van der Waals surface area contributed by atoms with Gasteiger partial charge in [0.1, 0.15) is 0 Å². The summed E-state index contributed by atoms with van der Waals surface area (Å²) in [7, 11) is 0. The van der Waals surface area contributed by atoms with Gasteiger partial charge < -0.3 is 10.2 Å². The molecule has 1 aromatic heterocycles. The van der Waals surface area contributed by atoms with Crippen LogP contribution in [0.4, 0.5) is 11.4 Å². The lowest BCUT2D eigenvalue weighted by Crippen LogP contribution is -2.45. The van der Waals surface area contributed by atoms with Gasteiger partial charge in [-0.05, 0) is 79.5 Å². The van der Waals surface area contributed by atoms with Crippen molar-refractivity contribution >= 4 is 23.5 Å². The maximum absolute atomic E-state index is 12.9. The van der Waals surface area contributed by atoms with Crippen LogP contribution in [0, 0.1) is 13.8 Å². The molecule has 2 heterocycles. The number of anilines is 1. The molecule has 1 amide bonds. The summed E-state index contributed by atoms with van der Waals surface area (Å²) in [5.74, 6) is -0.128. The SMILES string of the molecule is CC.CCN1CCN(Cc2ccc(NC(=O)c3ccc(N=Cc4cnn(-c5cccc(C)c5)c4)c(C)c3)cc2)CC1. The summed E-state index contributed by atoms with van der Waals surface area (Å²) in [6.45, 7) is 16.8. The lowest BCUT2D eigenvalue weighted by molar-refractivity contribution is 0.102. The fourth-order valence-corrected chi connectivity index (χ4v) is 4.82. The maximum Gasteiger partial charge on any atom is 0.255 e. The van der Waals surface area contributed by atoms with E-state index in [2.05, 4.69) is 63.3 Å². The first kappa shape index (κ1) is 29.9. The van der Waals surface area contributed by atoms with Gasteiger partial charge in [0.2, 0.25) is 0 Å². The van der Waals surface area contributed by atoms with Crippen LogP contribution in [-0.4, -0.2) is 64.4 Å². The van der Waals surface area contributed by atoms with Gasteiger partial charge in [0, 0.05) is 61.9 Å². The van der Waals surface area contributed by atoms with Crippen LogP contribution in [0.15, 0.2) is 84.1 Å². The van der Waals surface area contributed by atoms with Crippen LogP contribution in [0.1, 0.15) is 53.4 Å². The molecule has 1 aliphatic heterocycles. The summed E-state index contributed by atoms with van der Waals surface area (Å²) in [6.07, 6.45) is 5.54. The Bertz CT molecular complexity index is 1450. The maximum atomic E-state index is 12.9. The number of benzene rings is 3. The van der Waals surface area contributed by atoms with Crippen molar-refractivity contribution in [1.29, 1.82) is 0 Å². The predicted octanol–water partition coefficient (Wildman–Crippen LogP) is 6.66. The molecule has 0 aliphatic carbocycles. The minimum absolute atomic E-state index is 0.128. The van der Waals surface area contributed by atoms with Crippen LogP contribution in [0.25, 0.3) is 5.69 Å². The van der Waals surface area contributed by atoms with Gasteiger partial charge in [-0.2, -0.15) is 5.10 Å². The molecule has 41 heavy (non-hydrogen) atoms. The molecular weight excluding hydrogens is 508 g/mol. The molecule has 1 saturated heterocycles. The molecule has 214 valence electrons. The number of carbonyl (C=O) groups excluding carboxylic acids is 1. The highest BCUT2D eigenvalue weighted by Gasteiger charge is 2.15. The minimum Gasteiger partial charge on any atom is -0.322 e. The lowest BCUT2D eigenvalue weighted by atomic mass is 10.1. The molecule has 0 bridgehead atoms. The number of hydrogen-bond acceptors (Lipinski definition) is 5. The van der Waals surface area contributed by atoms with Gasteiger partial charge >= 0.3 is 0 Å². The van der Waals surface area contributed by atoms with Crippen molar-refractivity contribution in [3.63, 3.8) is 0 Å². The molecular formula is C34H42N6O. The number of aryl methyl sites for hydroxylation is 2. The van der Waals surface area contributed by atoms with Gasteiger partial charge in [-0.25, -0.2) is 4.68 Å². The predicted molar refractivity (Wildman–Crippen MR) is 170 cm³/mol. The number of rotatable bonds is 8. The van der Waals surface area contributed by atoms with Crippen molar-refractivity contribution in [3.05, 3.63) is 107 Å². The Morgan fingerprint density at radius 3 is 2.37 bits per heavy atom. The molecule has 0 spiro atoms. The van der Waals surface area contributed by atoms with E-state index in [-0.39, 0.29) is 5.91 Å². The second-order valence-corrected chi connectivity index (χ2v) is 10.2. The monoisotopic (exact) mass is 550 g/mol. The van der Waals surface area contributed by atoms with E-state index >= 15 is 0 Å². The van der Waals surface area contributed by atoms with E-state index in [4.69, 9.17) is 0 Å². The van der Waals surface area contributed by atoms with Crippen molar-refractivity contribution in [1.82, 2.24) is 19.6 Å². The summed E-state index contributed by atoms with van der Waals surface area (Å²) >= 11 is 0. The van der Waals surface area contributed by atoms with E-state index in [1.54, 1.807) is 12.4 Å². The first-order valence-corrected chi connectivity index (χ1v) is 14.6. The van der Waals surface area contributed by atoms with Crippen LogP contribution in [0.3, 0.4) is 0 Å². The van der Waals surface area contributed by atoms with Gasteiger partial charge in [0.15, 0.2) is 0 Å². The van der Waals surface area contributed by atoms with Crippen molar-refractivity contribution in [2.45, 2.75) is 41.2 Å². The average molecular weight is 551 g/mol. The molecule has 3 aromatic carbocycles. The second-order valence-electron chi connectivity index (χ2n) is 10.2. The van der Waals surface area contributed by atoms with Gasteiger partial charge in [-0.1, -0.05) is 45.0 Å². The second kappa shape index (κ2) is 14.5. The first-order valence-electron chi connectivity index (χ1n) is 14.6. The van der Waals surface area contributed by atoms with Gasteiger partial charge in [0.05, 0.1) is 17.6 Å². The number of hydrogen-bond donors (Lipinski definition) is 1. The standard InChI is InChI=1S/C32H36N6O.C2H6/c1-4-36-14-16-37(17-15-36)22-26-8-11-29(12-9-26)35-32(39)28-10-13-31(25(3)19-28)33-20-27-21-34-38(23-27)30-7-5-6-24(2)18-30;1-2/h5-13,18-21,23H,4,14-17,22H2,1-3H3,(H,35,39);1-2H3. The molecule has 0 saturated carbocycles. The molecule has 4 aromatic rings.